The summed E-state index contributed by atoms with van der Waals surface area (Å²) >= 11 is 0. The van der Waals surface area contributed by atoms with Crippen molar-refractivity contribution in [2.45, 2.75) is 19.5 Å². The zero-order valence-electron chi connectivity index (χ0n) is 13.3. The number of hydrogen-bond acceptors (Lipinski definition) is 3. The van der Waals surface area contributed by atoms with Crippen LogP contribution in [0, 0.1) is 6.92 Å². The molecule has 0 fully saturated rings. The Morgan fingerprint density at radius 1 is 1.24 bits per heavy atom. The van der Waals surface area contributed by atoms with Gasteiger partial charge in [-0.3, -0.25) is 14.2 Å². The number of hydrogen-bond donors (Lipinski definition) is 1. The van der Waals surface area contributed by atoms with Gasteiger partial charge in [0.25, 0.3) is 5.91 Å². The van der Waals surface area contributed by atoms with Gasteiger partial charge in [0.1, 0.15) is 11.3 Å². The van der Waals surface area contributed by atoms with Gasteiger partial charge in [-0.05, 0) is 30.7 Å². The number of halogens is 3. The lowest BCUT2D eigenvalue weighted by atomic mass is 10.2. The highest BCUT2D eigenvalue weighted by molar-refractivity contribution is 5.95. The van der Waals surface area contributed by atoms with Crippen molar-refractivity contribution in [1.29, 1.82) is 0 Å². The van der Waals surface area contributed by atoms with E-state index in [1.165, 1.54) is 16.7 Å². The first-order valence-electron chi connectivity index (χ1n) is 7.60. The predicted octanol–water partition coefficient (Wildman–Crippen LogP) is 3.03. The van der Waals surface area contributed by atoms with Gasteiger partial charge in [0.2, 0.25) is 0 Å². The molecule has 0 atom stereocenters. The topological polar surface area (TPSA) is 59.3 Å². The molecule has 130 valence electrons. The second-order valence-corrected chi connectivity index (χ2v) is 5.57. The molecular weight excluding hydrogens is 333 g/mol. The van der Waals surface area contributed by atoms with Crippen molar-refractivity contribution in [3.63, 3.8) is 0 Å². The summed E-state index contributed by atoms with van der Waals surface area (Å²) in [6, 6.07) is 8.45. The number of fused-ring (bicyclic) bond motifs is 1. The molecule has 25 heavy (non-hydrogen) atoms. The summed E-state index contributed by atoms with van der Waals surface area (Å²) in [4.78, 5) is 20.1. The Balaban J connectivity index is 1.87. The van der Waals surface area contributed by atoms with E-state index < -0.39 is 23.5 Å². The quantitative estimate of drug-likeness (QED) is 0.788. The van der Waals surface area contributed by atoms with Gasteiger partial charge in [-0.2, -0.15) is 13.2 Å². The van der Waals surface area contributed by atoms with Gasteiger partial charge < -0.3 is 5.32 Å². The molecule has 3 heterocycles. The number of alkyl halides is 3. The van der Waals surface area contributed by atoms with Crippen molar-refractivity contribution in [2.24, 2.45) is 0 Å². The number of carbonyl (C=O) groups is 1. The van der Waals surface area contributed by atoms with Crippen LogP contribution in [0.5, 0.6) is 0 Å². The van der Waals surface area contributed by atoms with E-state index in [0.29, 0.717) is 6.42 Å². The van der Waals surface area contributed by atoms with Crippen LogP contribution in [-0.2, 0) is 12.6 Å². The van der Waals surface area contributed by atoms with E-state index in [4.69, 9.17) is 0 Å². The lowest BCUT2D eigenvalue weighted by Crippen LogP contribution is -2.29. The maximum Gasteiger partial charge on any atom is 0.435 e. The monoisotopic (exact) mass is 348 g/mol. The Labute approximate surface area is 141 Å². The molecule has 0 unspecified atom stereocenters. The van der Waals surface area contributed by atoms with E-state index in [9.17, 15) is 18.0 Å². The maximum atomic E-state index is 13.3. The van der Waals surface area contributed by atoms with Gasteiger partial charge in [0.05, 0.1) is 0 Å². The fourth-order valence-electron chi connectivity index (χ4n) is 2.50. The summed E-state index contributed by atoms with van der Waals surface area (Å²) in [5, 5.41) is 2.52. The Hall–Kier alpha value is -2.90. The molecule has 0 aliphatic rings. The Morgan fingerprint density at radius 3 is 2.72 bits per heavy atom. The fraction of sp³-hybridized carbons (Fsp3) is 0.235. The molecule has 8 heteroatoms. The zero-order valence-corrected chi connectivity index (χ0v) is 13.3. The molecule has 3 rings (SSSR count). The van der Waals surface area contributed by atoms with E-state index in [2.05, 4.69) is 15.3 Å². The Bertz CT molecular complexity index is 903. The first-order valence-corrected chi connectivity index (χ1v) is 7.60. The molecular formula is C17H15F3N4O. The molecule has 0 aliphatic heterocycles. The molecule has 0 saturated carbocycles. The van der Waals surface area contributed by atoms with E-state index in [0.717, 1.165) is 11.3 Å². The van der Waals surface area contributed by atoms with Gasteiger partial charge in [-0.1, -0.05) is 12.1 Å². The summed E-state index contributed by atoms with van der Waals surface area (Å²) in [5.74, 6) is -0.818. The van der Waals surface area contributed by atoms with Crippen LogP contribution in [0.15, 0.2) is 42.7 Å². The first-order chi connectivity index (χ1) is 11.9. The van der Waals surface area contributed by atoms with E-state index in [-0.39, 0.29) is 12.2 Å². The number of imidazole rings is 1. The van der Waals surface area contributed by atoms with Crippen molar-refractivity contribution >= 4 is 11.6 Å². The number of amides is 1. The largest absolute Gasteiger partial charge is 0.435 e. The van der Waals surface area contributed by atoms with Crippen molar-refractivity contribution in [3.05, 3.63) is 65.4 Å². The molecule has 0 aliphatic carbocycles. The molecule has 1 amide bonds. The number of rotatable bonds is 4. The van der Waals surface area contributed by atoms with Crippen LogP contribution in [0.4, 0.5) is 13.2 Å². The average molecular weight is 348 g/mol. The van der Waals surface area contributed by atoms with E-state index in [1.807, 2.05) is 0 Å². The summed E-state index contributed by atoms with van der Waals surface area (Å²) in [6.45, 7) is 1.90. The van der Waals surface area contributed by atoms with Crippen LogP contribution >= 0.6 is 0 Å². The summed E-state index contributed by atoms with van der Waals surface area (Å²) in [6.07, 6.45) is -1.21. The minimum Gasteiger partial charge on any atom is -0.350 e. The molecule has 0 aromatic carbocycles. The minimum atomic E-state index is -4.71. The molecule has 3 aromatic heterocycles. The maximum absolute atomic E-state index is 13.3. The van der Waals surface area contributed by atoms with Crippen molar-refractivity contribution in [3.8, 4) is 0 Å². The number of nitrogens with zero attached hydrogens (tertiary/aromatic N) is 3. The Morgan fingerprint density at radius 2 is 2.04 bits per heavy atom. The summed E-state index contributed by atoms with van der Waals surface area (Å²) in [7, 11) is 0. The lowest BCUT2D eigenvalue weighted by Gasteiger charge is -2.09. The number of pyridine rings is 2. The van der Waals surface area contributed by atoms with Gasteiger partial charge in [-0.15, -0.1) is 0 Å². The third-order valence-corrected chi connectivity index (χ3v) is 3.64. The molecule has 0 radical (unpaired) electrons. The van der Waals surface area contributed by atoms with Crippen LogP contribution in [0.1, 0.15) is 27.4 Å². The SMILES string of the molecule is Cc1ccc2nc(C(F)(F)F)c(C(=O)NCCc3ccccn3)n2c1. The summed E-state index contributed by atoms with van der Waals surface area (Å²) in [5.41, 5.74) is -0.151. The zero-order chi connectivity index (χ0) is 18.0. The molecule has 0 spiro atoms. The number of nitrogens with one attached hydrogen (secondary N) is 1. The normalized spacial score (nSPS) is 11.7. The first kappa shape index (κ1) is 16.9. The molecule has 0 bridgehead atoms. The van der Waals surface area contributed by atoms with Gasteiger partial charge in [-0.25, -0.2) is 4.98 Å². The molecule has 3 aromatic rings. The predicted molar refractivity (Wildman–Crippen MR) is 85.2 cm³/mol. The van der Waals surface area contributed by atoms with Crippen LogP contribution in [-0.4, -0.2) is 26.8 Å². The van der Waals surface area contributed by atoms with E-state index >= 15 is 0 Å². The van der Waals surface area contributed by atoms with Crippen molar-refractivity contribution in [1.82, 2.24) is 19.7 Å². The minimum absolute atomic E-state index is 0.0767. The van der Waals surface area contributed by atoms with Crippen LogP contribution in [0.25, 0.3) is 5.65 Å². The number of aryl methyl sites for hydroxylation is 1. The molecule has 5 nitrogen and oxygen atoms in total. The second kappa shape index (κ2) is 6.54. The van der Waals surface area contributed by atoms with E-state index in [1.54, 1.807) is 37.4 Å². The lowest BCUT2D eigenvalue weighted by molar-refractivity contribution is -0.141. The molecule has 0 saturated heterocycles. The average Bonchev–Trinajstić information content (AvgIpc) is 2.94. The second-order valence-electron chi connectivity index (χ2n) is 5.57. The highest BCUT2D eigenvalue weighted by Gasteiger charge is 2.40. The Kier molecular flexibility index (Phi) is 4.43. The van der Waals surface area contributed by atoms with Crippen molar-refractivity contribution in [2.75, 3.05) is 6.54 Å². The fourth-order valence-corrected chi connectivity index (χ4v) is 2.50. The highest BCUT2D eigenvalue weighted by atomic mass is 19.4. The number of carbonyl (C=O) groups excluding carboxylic acids is 1. The number of aromatic nitrogens is 3. The van der Waals surface area contributed by atoms with Crippen LogP contribution in [0.2, 0.25) is 0 Å². The highest BCUT2D eigenvalue weighted by Crippen LogP contribution is 2.32. The molecule has 1 N–H and O–H groups in total. The summed E-state index contributed by atoms with van der Waals surface area (Å²) < 4.78 is 41.0. The van der Waals surface area contributed by atoms with Gasteiger partial charge >= 0.3 is 6.18 Å². The standard InChI is InChI=1S/C17H15F3N4O/c1-11-5-6-13-23-15(17(18,19)20)14(24(13)10-11)16(25)22-9-7-12-4-2-3-8-21-12/h2-6,8,10H,7,9H2,1H3,(H,22,25). The van der Waals surface area contributed by atoms with Gasteiger partial charge in [0.15, 0.2) is 5.69 Å². The van der Waals surface area contributed by atoms with Crippen LogP contribution < -0.4 is 5.32 Å². The third kappa shape index (κ3) is 3.62. The van der Waals surface area contributed by atoms with Crippen LogP contribution in [0.3, 0.4) is 0 Å². The third-order valence-electron chi connectivity index (χ3n) is 3.64. The van der Waals surface area contributed by atoms with Gasteiger partial charge in [0, 0.05) is 31.1 Å². The van der Waals surface area contributed by atoms with Crippen molar-refractivity contribution < 1.29 is 18.0 Å². The smallest absolute Gasteiger partial charge is 0.350 e.